The molecule has 2 atom stereocenters. The molecular weight excluding hydrogens is 186 g/mol. The highest BCUT2D eigenvalue weighted by atomic mass is 15.3. The van der Waals surface area contributed by atoms with Crippen LogP contribution in [-0.2, 0) is 0 Å². The molecule has 1 heterocycles. The maximum absolute atomic E-state index is 9.24. The van der Waals surface area contributed by atoms with E-state index in [0.29, 0.717) is 5.92 Å². The van der Waals surface area contributed by atoms with Crippen molar-refractivity contribution in [3.8, 4) is 6.07 Å². The maximum Gasteiger partial charge on any atom is 0.100 e. The van der Waals surface area contributed by atoms with Gasteiger partial charge >= 0.3 is 0 Å². The van der Waals surface area contributed by atoms with Crippen LogP contribution in [0.15, 0.2) is 0 Å². The van der Waals surface area contributed by atoms with Gasteiger partial charge in [-0.1, -0.05) is 20.3 Å². The van der Waals surface area contributed by atoms with Crippen LogP contribution < -0.4 is 0 Å². The normalized spacial score (nSPS) is 23.3. The molecule has 1 aliphatic rings. The number of hydrogen-bond donors (Lipinski definition) is 0. The van der Waals surface area contributed by atoms with Crippen molar-refractivity contribution >= 4 is 0 Å². The van der Waals surface area contributed by atoms with Gasteiger partial charge < -0.3 is 4.90 Å². The molecule has 1 fully saturated rings. The van der Waals surface area contributed by atoms with E-state index < -0.39 is 0 Å². The number of rotatable bonds is 4. The summed E-state index contributed by atoms with van der Waals surface area (Å²) in [7, 11) is 2.15. The summed E-state index contributed by atoms with van der Waals surface area (Å²) in [5, 5.41) is 9.24. The van der Waals surface area contributed by atoms with Gasteiger partial charge in [-0.3, -0.25) is 4.90 Å². The number of nitriles is 1. The van der Waals surface area contributed by atoms with Crippen LogP contribution >= 0.6 is 0 Å². The Hall–Kier alpha value is -0.590. The second-order valence-corrected chi connectivity index (χ2v) is 4.68. The molecule has 3 nitrogen and oxygen atoms in total. The largest absolute Gasteiger partial charge is 0.304 e. The van der Waals surface area contributed by atoms with Crippen LogP contribution in [0.1, 0.15) is 26.7 Å². The van der Waals surface area contributed by atoms with E-state index in [0.717, 1.165) is 32.6 Å². The van der Waals surface area contributed by atoms with Crippen molar-refractivity contribution in [3.05, 3.63) is 0 Å². The number of hydrogen-bond acceptors (Lipinski definition) is 3. The molecule has 0 amide bonds. The highest BCUT2D eigenvalue weighted by Gasteiger charge is 2.26. The zero-order valence-corrected chi connectivity index (χ0v) is 10.2. The molecule has 0 aliphatic carbocycles. The first-order chi connectivity index (χ1) is 7.19. The quantitative estimate of drug-likeness (QED) is 0.704. The average Bonchev–Trinajstić information content (AvgIpc) is 2.22. The molecule has 0 bridgehead atoms. The van der Waals surface area contributed by atoms with E-state index >= 15 is 0 Å². The Morgan fingerprint density at radius 2 is 1.87 bits per heavy atom. The van der Waals surface area contributed by atoms with Crippen LogP contribution in [0, 0.1) is 17.2 Å². The molecule has 3 heteroatoms. The Labute approximate surface area is 93.7 Å². The third-order valence-electron chi connectivity index (χ3n) is 3.35. The predicted octanol–water partition coefficient (Wildman–Crippen LogP) is 1.56. The lowest BCUT2D eigenvalue weighted by Gasteiger charge is -2.37. The summed E-state index contributed by atoms with van der Waals surface area (Å²) < 4.78 is 0. The van der Waals surface area contributed by atoms with Crippen molar-refractivity contribution in [1.82, 2.24) is 9.80 Å². The minimum absolute atomic E-state index is 0.124. The standard InChI is InChI=1S/C12H23N3/c1-4-5-11(2)12(10-13)15-8-6-14(3)7-9-15/h11-12H,4-9H2,1-3H3. The summed E-state index contributed by atoms with van der Waals surface area (Å²) in [4.78, 5) is 4.68. The van der Waals surface area contributed by atoms with Gasteiger partial charge in [-0.25, -0.2) is 0 Å². The van der Waals surface area contributed by atoms with Crippen molar-refractivity contribution < 1.29 is 0 Å². The van der Waals surface area contributed by atoms with Gasteiger partial charge in [0.05, 0.1) is 6.07 Å². The van der Waals surface area contributed by atoms with Crippen LogP contribution in [0.5, 0.6) is 0 Å². The average molecular weight is 209 g/mol. The SMILES string of the molecule is CCCC(C)C(C#N)N1CCN(C)CC1. The summed E-state index contributed by atoms with van der Waals surface area (Å²) in [6, 6.07) is 2.60. The Bertz CT molecular complexity index is 213. The molecular formula is C12H23N3. The second kappa shape index (κ2) is 6.09. The lowest BCUT2D eigenvalue weighted by atomic mass is 9.96. The first-order valence-electron chi connectivity index (χ1n) is 6.01. The fraction of sp³-hybridized carbons (Fsp3) is 0.917. The molecule has 0 aromatic heterocycles. The van der Waals surface area contributed by atoms with E-state index in [9.17, 15) is 5.26 Å². The summed E-state index contributed by atoms with van der Waals surface area (Å²) in [6.45, 7) is 8.67. The van der Waals surface area contributed by atoms with Crippen LogP contribution in [0.2, 0.25) is 0 Å². The molecule has 0 aromatic carbocycles. The van der Waals surface area contributed by atoms with E-state index in [1.54, 1.807) is 0 Å². The molecule has 0 saturated carbocycles. The third kappa shape index (κ3) is 3.48. The molecule has 0 N–H and O–H groups in total. The molecule has 1 saturated heterocycles. The monoisotopic (exact) mass is 209 g/mol. The van der Waals surface area contributed by atoms with Gasteiger partial charge in [-0.2, -0.15) is 5.26 Å². The Morgan fingerprint density at radius 1 is 1.27 bits per heavy atom. The molecule has 15 heavy (non-hydrogen) atoms. The third-order valence-corrected chi connectivity index (χ3v) is 3.35. The predicted molar refractivity (Wildman–Crippen MR) is 62.5 cm³/mol. The molecule has 0 spiro atoms. The number of nitrogens with zero attached hydrogens (tertiary/aromatic N) is 3. The van der Waals surface area contributed by atoms with E-state index in [-0.39, 0.29) is 6.04 Å². The van der Waals surface area contributed by atoms with Gasteiger partial charge in [0.25, 0.3) is 0 Å². The molecule has 0 aromatic rings. The fourth-order valence-corrected chi connectivity index (χ4v) is 2.28. The number of likely N-dealkylation sites (N-methyl/N-ethyl adjacent to an activating group) is 1. The van der Waals surface area contributed by atoms with Gasteiger partial charge in [-0.15, -0.1) is 0 Å². The van der Waals surface area contributed by atoms with Crippen LogP contribution in [0.3, 0.4) is 0 Å². The topological polar surface area (TPSA) is 30.3 Å². The fourth-order valence-electron chi connectivity index (χ4n) is 2.28. The Kier molecular flexibility index (Phi) is 5.07. The van der Waals surface area contributed by atoms with E-state index in [4.69, 9.17) is 0 Å². The lowest BCUT2D eigenvalue weighted by molar-refractivity contribution is 0.107. The Morgan fingerprint density at radius 3 is 2.33 bits per heavy atom. The van der Waals surface area contributed by atoms with Crippen molar-refractivity contribution in [1.29, 1.82) is 5.26 Å². The molecule has 86 valence electrons. The van der Waals surface area contributed by atoms with Gasteiger partial charge in [0.15, 0.2) is 0 Å². The highest BCUT2D eigenvalue weighted by Crippen LogP contribution is 2.17. The molecule has 1 aliphatic heterocycles. The van der Waals surface area contributed by atoms with E-state index in [1.165, 1.54) is 6.42 Å². The van der Waals surface area contributed by atoms with Crippen molar-refractivity contribution in [2.45, 2.75) is 32.7 Å². The Balaban J connectivity index is 2.48. The minimum atomic E-state index is 0.124. The summed E-state index contributed by atoms with van der Waals surface area (Å²) in [5.74, 6) is 0.503. The van der Waals surface area contributed by atoms with Gasteiger partial charge in [0.2, 0.25) is 0 Å². The van der Waals surface area contributed by atoms with Crippen molar-refractivity contribution in [3.63, 3.8) is 0 Å². The first-order valence-corrected chi connectivity index (χ1v) is 6.01. The van der Waals surface area contributed by atoms with Crippen LogP contribution in [0.25, 0.3) is 0 Å². The summed E-state index contributed by atoms with van der Waals surface area (Å²) in [5.41, 5.74) is 0. The number of piperazine rings is 1. The van der Waals surface area contributed by atoms with Crippen molar-refractivity contribution in [2.24, 2.45) is 5.92 Å². The lowest BCUT2D eigenvalue weighted by Crippen LogP contribution is -2.50. The summed E-state index contributed by atoms with van der Waals surface area (Å²) in [6.07, 6.45) is 2.33. The van der Waals surface area contributed by atoms with Crippen LogP contribution in [-0.4, -0.2) is 49.1 Å². The smallest absolute Gasteiger partial charge is 0.100 e. The van der Waals surface area contributed by atoms with Gasteiger partial charge in [0, 0.05) is 26.2 Å². The minimum Gasteiger partial charge on any atom is -0.304 e. The van der Waals surface area contributed by atoms with Crippen LogP contribution in [0.4, 0.5) is 0 Å². The zero-order valence-electron chi connectivity index (χ0n) is 10.2. The molecule has 2 unspecified atom stereocenters. The van der Waals surface area contributed by atoms with Gasteiger partial charge in [0.1, 0.15) is 6.04 Å². The van der Waals surface area contributed by atoms with E-state index in [2.05, 4.69) is 36.8 Å². The first kappa shape index (κ1) is 12.5. The zero-order chi connectivity index (χ0) is 11.3. The highest BCUT2D eigenvalue weighted by molar-refractivity contribution is 4.96. The van der Waals surface area contributed by atoms with E-state index in [1.807, 2.05) is 0 Å². The summed E-state index contributed by atoms with van der Waals surface area (Å²) >= 11 is 0. The second-order valence-electron chi connectivity index (χ2n) is 4.68. The molecule has 1 rings (SSSR count). The van der Waals surface area contributed by atoms with Crippen molar-refractivity contribution in [2.75, 3.05) is 33.2 Å². The maximum atomic E-state index is 9.24. The van der Waals surface area contributed by atoms with Gasteiger partial charge in [-0.05, 0) is 19.4 Å². The molecule has 0 radical (unpaired) electrons.